The molecule has 0 aromatic heterocycles. The van der Waals surface area contributed by atoms with Crippen LogP contribution in [0.5, 0.6) is 0 Å². The fourth-order valence-electron chi connectivity index (χ4n) is 5.53. The molecular weight excluding hydrogens is 806 g/mol. The van der Waals surface area contributed by atoms with E-state index in [1.165, 1.54) is 13.8 Å². The normalized spacial score (nSPS) is 13.1. The van der Waals surface area contributed by atoms with Gasteiger partial charge >= 0.3 is 35.9 Å². The summed E-state index contributed by atoms with van der Waals surface area (Å²) < 4.78 is 0. The molecule has 0 aliphatic carbocycles. The smallest absolute Gasteiger partial charge is 0.326 e. The average molecular weight is 864 g/mol. The number of hydrogen-bond donors (Lipinski definition) is 11. The topological polar surface area (TPSA) is 353 Å². The predicted molar refractivity (Wildman–Crippen MR) is 214 cm³/mol. The molecule has 0 bridgehead atoms. The molecule has 1 rings (SSSR count). The van der Waals surface area contributed by atoms with Crippen molar-refractivity contribution < 1.29 is 73.2 Å². The lowest BCUT2D eigenvalue weighted by Gasteiger charge is -2.24. The number of urea groups is 2. The largest absolute Gasteiger partial charge is 0.481 e. The van der Waals surface area contributed by atoms with E-state index in [0.717, 1.165) is 0 Å². The van der Waals surface area contributed by atoms with Crippen molar-refractivity contribution in [1.29, 1.82) is 0 Å². The van der Waals surface area contributed by atoms with Crippen LogP contribution in [0.1, 0.15) is 103 Å². The van der Waals surface area contributed by atoms with Gasteiger partial charge in [-0.1, -0.05) is 24.3 Å². The molecule has 0 saturated heterocycles. The Balaban J connectivity index is 2.67. The van der Waals surface area contributed by atoms with E-state index in [2.05, 4.69) is 31.9 Å². The maximum Gasteiger partial charge on any atom is 0.326 e. The summed E-state index contributed by atoms with van der Waals surface area (Å²) in [6.07, 6.45) is -0.869. The number of Topliss-reactive ketones (excluding diaryl/α,β-unsaturated/α-hetero) is 2. The molecule has 0 saturated carbocycles. The molecule has 1 aromatic carbocycles. The zero-order valence-corrected chi connectivity index (χ0v) is 34.4. The summed E-state index contributed by atoms with van der Waals surface area (Å²) in [5.41, 5.74) is 1.21. The minimum atomic E-state index is -1.53. The van der Waals surface area contributed by atoms with E-state index in [1.54, 1.807) is 31.2 Å². The van der Waals surface area contributed by atoms with E-state index >= 15 is 0 Å². The van der Waals surface area contributed by atoms with Crippen LogP contribution in [0.15, 0.2) is 24.3 Å². The second kappa shape index (κ2) is 28.0. The first-order valence-electron chi connectivity index (χ1n) is 19.6. The fourth-order valence-corrected chi connectivity index (χ4v) is 5.53. The Kier molecular flexibility index (Phi) is 24.0. The highest BCUT2D eigenvalue weighted by atomic mass is 16.4. The monoisotopic (exact) mass is 863 g/mol. The summed E-state index contributed by atoms with van der Waals surface area (Å²) in [6, 6.07) is -0.904. The summed E-state index contributed by atoms with van der Waals surface area (Å²) in [4.78, 5) is 132. The Bertz CT molecular complexity index is 1720. The lowest BCUT2D eigenvalue weighted by Crippen LogP contribution is -2.55. The highest BCUT2D eigenvalue weighted by Crippen LogP contribution is 2.09. The van der Waals surface area contributed by atoms with E-state index < -0.39 is 103 Å². The van der Waals surface area contributed by atoms with E-state index in [1.807, 2.05) is 5.32 Å². The molecule has 0 aliphatic rings. The Hall–Kier alpha value is -6.61. The van der Waals surface area contributed by atoms with Crippen molar-refractivity contribution in [2.75, 3.05) is 6.54 Å². The van der Waals surface area contributed by atoms with Crippen LogP contribution in [0.4, 0.5) is 9.59 Å². The molecule has 61 heavy (non-hydrogen) atoms. The van der Waals surface area contributed by atoms with Gasteiger partial charge in [-0.05, 0) is 76.8 Å². The summed E-state index contributed by atoms with van der Waals surface area (Å²) in [6.45, 7) is 4.63. The zero-order chi connectivity index (χ0) is 46.1. The molecule has 7 amide bonds. The van der Waals surface area contributed by atoms with Gasteiger partial charge in [-0.2, -0.15) is 0 Å². The summed E-state index contributed by atoms with van der Waals surface area (Å²) >= 11 is 0. The van der Waals surface area contributed by atoms with Crippen LogP contribution in [-0.2, 0) is 56.1 Å². The molecule has 0 radical (unpaired) electrons. The van der Waals surface area contributed by atoms with Crippen LogP contribution in [0.2, 0.25) is 0 Å². The van der Waals surface area contributed by atoms with Crippen LogP contribution in [0.3, 0.4) is 0 Å². The third-order valence-corrected chi connectivity index (χ3v) is 8.93. The standard InChI is InChI=1S/C39H57N7O15/c1-22(7-8-23(2)47)42-34(54)28(15-17-32(50)51)44-35(55)27(14-9-24(3)48)43-31(49)20-25-10-12-26(13-11-25)21-41-38(60)40-19-5-4-6-29(36(56)57)45-39(61)46-30(37(58)59)16-18-33(52)53/h10-13,22,27-30H,4-9,14-21H2,1-3H3,(H,42,54)(H,43,49)(H,44,55)(H,50,51)(H,52,53)(H,56,57)(H,58,59)(H2,40,41,60)(H2,45,46,61)/t22-,27+,28-,29+,30+/m1/s1. The van der Waals surface area contributed by atoms with Crippen molar-refractivity contribution >= 4 is 65.2 Å². The molecule has 22 heteroatoms. The number of benzene rings is 1. The van der Waals surface area contributed by atoms with Crippen LogP contribution in [-0.4, -0.2) is 122 Å². The number of hydrogen-bond acceptors (Lipinski definition) is 11. The molecule has 0 aliphatic heterocycles. The van der Waals surface area contributed by atoms with Crippen molar-refractivity contribution in [3.63, 3.8) is 0 Å². The highest BCUT2D eigenvalue weighted by molar-refractivity contribution is 5.93. The van der Waals surface area contributed by atoms with Gasteiger partial charge < -0.3 is 67.2 Å². The molecule has 338 valence electrons. The number of aliphatic carboxylic acids is 4. The number of amides is 7. The van der Waals surface area contributed by atoms with Crippen LogP contribution in [0, 0.1) is 0 Å². The van der Waals surface area contributed by atoms with Gasteiger partial charge in [0, 0.05) is 44.8 Å². The van der Waals surface area contributed by atoms with Crippen molar-refractivity contribution in [3.8, 4) is 0 Å². The molecule has 1 aromatic rings. The van der Waals surface area contributed by atoms with Crippen molar-refractivity contribution in [3.05, 3.63) is 35.4 Å². The Morgan fingerprint density at radius 1 is 0.508 bits per heavy atom. The maximum atomic E-state index is 13.3. The van der Waals surface area contributed by atoms with Crippen molar-refractivity contribution in [1.82, 2.24) is 37.2 Å². The van der Waals surface area contributed by atoms with Gasteiger partial charge in [0.05, 0.1) is 6.42 Å². The van der Waals surface area contributed by atoms with Crippen molar-refractivity contribution in [2.24, 2.45) is 0 Å². The summed E-state index contributed by atoms with van der Waals surface area (Å²) in [5.74, 6) is -7.68. The van der Waals surface area contributed by atoms with E-state index in [4.69, 9.17) is 10.2 Å². The molecule has 11 N–H and O–H groups in total. The third kappa shape index (κ3) is 24.2. The third-order valence-electron chi connectivity index (χ3n) is 8.93. The second-order valence-corrected chi connectivity index (χ2v) is 14.4. The Morgan fingerprint density at radius 3 is 1.52 bits per heavy atom. The molecule has 0 spiro atoms. The lowest BCUT2D eigenvalue weighted by atomic mass is 10.0. The van der Waals surface area contributed by atoms with Gasteiger partial charge in [0.25, 0.3) is 0 Å². The number of carbonyl (C=O) groups is 11. The maximum absolute atomic E-state index is 13.3. The quantitative estimate of drug-likeness (QED) is 0.0465. The van der Waals surface area contributed by atoms with E-state index in [9.17, 15) is 63.0 Å². The number of carboxylic acid groups (broad SMARTS) is 4. The Morgan fingerprint density at radius 2 is 0.984 bits per heavy atom. The summed E-state index contributed by atoms with van der Waals surface area (Å²) in [7, 11) is 0. The molecule has 5 atom stereocenters. The number of unbranched alkanes of at least 4 members (excludes halogenated alkanes) is 1. The number of nitrogens with one attached hydrogen (secondary N) is 7. The first kappa shape index (κ1) is 52.4. The number of ketones is 2. The number of carbonyl (C=O) groups excluding carboxylic acids is 7. The van der Waals surface area contributed by atoms with Crippen LogP contribution in [0.25, 0.3) is 0 Å². The first-order valence-corrected chi connectivity index (χ1v) is 19.6. The summed E-state index contributed by atoms with van der Waals surface area (Å²) in [5, 5.41) is 53.7. The van der Waals surface area contributed by atoms with Crippen molar-refractivity contribution in [2.45, 2.75) is 135 Å². The molecule has 0 fully saturated rings. The number of carboxylic acids is 4. The predicted octanol–water partition coefficient (Wildman–Crippen LogP) is 0.347. The molecule has 0 unspecified atom stereocenters. The first-order chi connectivity index (χ1) is 28.7. The Labute approximate surface area is 351 Å². The second-order valence-electron chi connectivity index (χ2n) is 14.4. The van der Waals surface area contributed by atoms with E-state index in [-0.39, 0.29) is 69.6 Å². The number of rotatable bonds is 30. The molecule has 0 heterocycles. The van der Waals surface area contributed by atoms with Gasteiger partial charge in [0.1, 0.15) is 35.7 Å². The average Bonchev–Trinajstić information content (AvgIpc) is 3.17. The van der Waals surface area contributed by atoms with Crippen LogP contribution < -0.4 is 37.2 Å². The van der Waals surface area contributed by atoms with Gasteiger partial charge in [-0.3, -0.25) is 24.0 Å². The highest BCUT2D eigenvalue weighted by Gasteiger charge is 2.29. The minimum absolute atomic E-state index is 0.0481. The fraction of sp³-hybridized carbons (Fsp3) is 0.564. The molecule has 22 nitrogen and oxygen atoms in total. The van der Waals surface area contributed by atoms with Gasteiger partial charge in [0.2, 0.25) is 17.7 Å². The van der Waals surface area contributed by atoms with Gasteiger partial charge in [-0.25, -0.2) is 19.2 Å². The SMILES string of the molecule is CC(=O)CC[C@@H](C)NC(=O)[C@@H](CCC(=O)O)NC(=O)[C@H](CCC(C)=O)NC(=O)Cc1ccc(CNC(=O)NCCCC[C@H](NC(=O)N[C@@H](CCC(=O)O)C(=O)O)C(=O)O)cc1. The van der Waals surface area contributed by atoms with Gasteiger partial charge in [-0.15, -0.1) is 0 Å². The van der Waals surface area contributed by atoms with Crippen LogP contribution >= 0.6 is 0 Å². The lowest BCUT2D eigenvalue weighted by molar-refractivity contribution is -0.141. The van der Waals surface area contributed by atoms with E-state index in [0.29, 0.717) is 24.0 Å². The minimum Gasteiger partial charge on any atom is -0.481 e. The molecular formula is C39H57N7O15. The van der Waals surface area contributed by atoms with Gasteiger partial charge in [0.15, 0.2) is 0 Å². The zero-order valence-electron chi connectivity index (χ0n) is 34.4.